The first kappa shape index (κ1) is 13.8. The Labute approximate surface area is 121 Å². The van der Waals surface area contributed by atoms with Crippen LogP contribution >= 0.6 is 0 Å². The SMILES string of the molecule is O=C(O)CCCCc1nnc(-c2ccc3c(c2)COC3)o1. The molecule has 0 fully saturated rings. The summed E-state index contributed by atoms with van der Waals surface area (Å²) in [6.07, 6.45) is 2.12. The molecular weight excluding hydrogens is 272 g/mol. The number of aliphatic carboxylic acids is 1. The van der Waals surface area contributed by atoms with Crippen LogP contribution in [0.1, 0.15) is 36.3 Å². The molecule has 1 aliphatic rings. The number of aromatic nitrogens is 2. The standard InChI is InChI=1S/C15H16N2O4/c18-14(19)4-2-1-3-13-16-17-15(21-13)10-5-6-11-8-20-9-12(11)7-10/h5-7H,1-4,8-9H2,(H,18,19). The van der Waals surface area contributed by atoms with E-state index in [2.05, 4.69) is 10.2 Å². The van der Waals surface area contributed by atoms with Crippen molar-refractivity contribution in [1.29, 1.82) is 0 Å². The molecule has 0 bridgehead atoms. The number of aryl methyl sites for hydroxylation is 1. The monoisotopic (exact) mass is 288 g/mol. The smallest absolute Gasteiger partial charge is 0.303 e. The van der Waals surface area contributed by atoms with Gasteiger partial charge in [-0.15, -0.1) is 10.2 Å². The highest BCUT2D eigenvalue weighted by atomic mass is 16.5. The van der Waals surface area contributed by atoms with Gasteiger partial charge in [0.1, 0.15) is 0 Å². The predicted molar refractivity (Wildman–Crippen MR) is 73.4 cm³/mol. The van der Waals surface area contributed by atoms with E-state index in [4.69, 9.17) is 14.3 Å². The summed E-state index contributed by atoms with van der Waals surface area (Å²) in [7, 11) is 0. The average molecular weight is 288 g/mol. The summed E-state index contributed by atoms with van der Waals surface area (Å²) in [5, 5.41) is 16.6. The number of ether oxygens (including phenoxy) is 1. The summed E-state index contributed by atoms with van der Waals surface area (Å²) >= 11 is 0. The molecule has 1 aromatic heterocycles. The summed E-state index contributed by atoms with van der Waals surface area (Å²) < 4.78 is 11.0. The largest absolute Gasteiger partial charge is 0.481 e. The minimum absolute atomic E-state index is 0.172. The van der Waals surface area contributed by atoms with Crippen molar-refractivity contribution in [3.63, 3.8) is 0 Å². The second-order valence-corrected chi connectivity index (χ2v) is 5.08. The molecule has 110 valence electrons. The van der Waals surface area contributed by atoms with Crippen LogP contribution in [-0.4, -0.2) is 21.3 Å². The first-order valence-corrected chi connectivity index (χ1v) is 6.96. The fourth-order valence-electron chi connectivity index (χ4n) is 2.33. The number of hydrogen-bond donors (Lipinski definition) is 1. The summed E-state index contributed by atoms with van der Waals surface area (Å²) in [6, 6.07) is 5.99. The number of rotatable bonds is 6. The third-order valence-electron chi connectivity index (χ3n) is 3.47. The van der Waals surface area contributed by atoms with Gasteiger partial charge in [0.05, 0.1) is 13.2 Å². The number of unbranched alkanes of at least 4 members (excludes halogenated alkanes) is 1. The van der Waals surface area contributed by atoms with Gasteiger partial charge in [-0.2, -0.15) is 0 Å². The van der Waals surface area contributed by atoms with E-state index < -0.39 is 5.97 Å². The van der Waals surface area contributed by atoms with Gasteiger partial charge < -0.3 is 14.3 Å². The zero-order chi connectivity index (χ0) is 14.7. The lowest BCUT2D eigenvalue weighted by atomic mass is 10.1. The van der Waals surface area contributed by atoms with Crippen LogP contribution in [0, 0.1) is 0 Å². The molecule has 1 aromatic carbocycles. The van der Waals surface area contributed by atoms with Crippen LogP contribution in [0.3, 0.4) is 0 Å². The van der Waals surface area contributed by atoms with E-state index in [1.54, 1.807) is 0 Å². The number of carboxylic acids is 1. The van der Waals surface area contributed by atoms with Crippen molar-refractivity contribution >= 4 is 5.97 Å². The van der Waals surface area contributed by atoms with E-state index in [0.29, 0.717) is 37.8 Å². The molecule has 0 saturated heterocycles. The molecule has 2 heterocycles. The first-order valence-electron chi connectivity index (χ1n) is 6.96. The molecule has 0 amide bonds. The number of nitrogens with zero attached hydrogens (tertiary/aromatic N) is 2. The summed E-state index contributed by atoms with van der Waals surface area (Å²) in [6.45, 7) is 1.29. The Morgan fingerprint density at radius 1 is 1.19 bits per heavy atom. The van der Waals surface area contributed by atoms with Gasteiger partial charge in [-0.1, -0.05) is 6.07 Å². The van der Waals surface area contributed by atoms with Gasteiger partial charge in [-0.05, 0) is 36.1 Å². The lowest BCUT2D eigenvalue weighted by molar-refractivity contribution is -0.137. The molecule has 1 N–H and O–H groups in total. The minimum atomic E-state index is -0.776. The predicted octanol–water partition coefficient (Wildman–Crippen LogP) is 2.56. The van der Waals surface area contributed by atoms with Gasteiger partial charge in [0.2, 0.25) is 11.8 Å². The van der Waals surface area contributed by atoms with Gasteiger partial charge in [0, 0.05) is 18.4 Å². The lowest BCUT2D eigenvalue weighted by Gasteiger charge is -1.99. The number of carbonyl (C=O) groups is 1. The Balaban J connectivity index is 1.63. The maximum Gasteiger partial charge on any atom is 0.303 e. The molecule has 3 rings (SSSR count). The Morgan fingerprint density at radius 3 is 2.90 bits per heavy atom. The third-order valence-corrected chi connectivity index (χ3v) is 3.47. The Hall–Kier alpha value is -2.21. The molecule has 21 heavy (non-hydrogen) atoms. The van der Waals surface area contributed by atoms with Crippen LogP contribution in [0.2, 0.25) is 0 Å². The fraction of sp³-hybridized carbons (Fsp3) is 0.400. The Kier molecular flexibility index (Phi) is 3.96. The van der Waals surface area contributed by atoms with E-state index >= 15 is 0 Å². The highest BCUT2D eigenvalue weighted by Gasteiger charge is 2.14. The fourth-order valence-corrected chi connectivity index (χ4v) is 2.33. The molecule has 0 aliphatic carbocycles. The van der Waals surface area contributed by atoms with Crippen LogP contribution in [0.5, 0.6) is 0 Å². The maximum absolute atomic E-state index is 10.4. The Bertz CT molecular complexity index is 651. The van der Waals surface area contributed by atoms with E-state index in [1.165, 1.54) is 5.56 Å². The summed E-state index contributed by atoms with van der Waals surface area (Å²) in [5.41, 5.74) is 3.25. The molecule has 6 nitrogen and oxygen atoms in total. The highest BCUT2D eigenvalue weighted by Crippen LogP contribution is 2.26. The van der Waals surface area contributed by atoms with E-state index in [1.807, 2.05) is 18.2 Å². The highest BCUT2D eigenvalue weighted by molar-refractivity contribution is 5.66. The quantitative estimate of drug-likeness (QED) is 0.822. The number of benzene rings is 1. The van der Waals surface area contributed by atoms with Crippen LogP contribution in [0.4, 0.5) is 0 Å². The van der Waals surface area contributed by atoms with Crippen molar-refractivity contribution in [1.82, 2.24) is 10.2 Å². The zero-order valence-corrected chi connectivity index (χ0v) is 11.5. The van der Waals surface area contributed by atoms with Gasteiger partial charge in [0.25, 0.3) is 0 Å². The van der Waals surface area contributed by atoms with Crippen LogP contribution in [0.25, 0.3) is 11.5 Å². The van der Waals surface area contributed by atoms with Gasteiger partial charge >= 0.3 is 5.97 Å². The van der Waals surface area contributed by atoms with Crippen molar-refractivity contribution in [2.45, 2.75) is 38.9 Å². The lowest BCUT2D eigenvalue weighted by Crippen LogP contribution is -1.95. The minimum Gasteiger partial charge on any atom is -0.481 e. The number of carboxylic acid groups (broad SMARTS) is 1. The topological polar surface area (TPSA) is 85.5 Å². The Morgan fingerprint density at radius 2 is 2.05 bits per heavy atom. The molecule has 2 aromatic rings. The van der Waals surface area contributed by atoms with Gasteiger partial charge in [0.15, 0.2) is 0 Å². The van der Waals surface area contributed by atoms with Gasteiger partial charge in [-0.3, -0.25) is 4.79 Å². The molecule has 0 unspecified atom stereocenters. The van der Waals surface area contributed by atoms with Crippen LogP contribution < -0.4 is 0 Å². The molecule has 1 aliphatic heterocycles. The van der Waals surface area contributed by atoms with Crippen molar-refractivity contribution in [2.75, 3.05) is 0 Å². The molecule has 0 radical (unpaired) electrons. The van der Waals surface area contributed by atoms with Crippen molar-refractivity contribution in [2.24, 2.45) is 0 Å². The summed E-state index contributed by atoms with van der Waals surface area (Å²) in [5.74, 6) is 0.270. The normalized spacial score (nSPS) is 13.3. The van der Waals surface area contributed by atoms with Gasteiger partial charge in [-0.25, -0.2) is 0 Å². The van der Waals surface area contributed by atoms with E-state index in [-0.39, 0.29) is 6.42 Å². The summed E-state index contributed by atoms with van der Waals surface area (Å²) in [4.78, 5) is 10.4. The zero-order valence-electron chi connectivity index (χ0n) is 11.5. The first-order chi connectivity index (χ1) is 10.2. The third kappa shape index (κ3) is 3.28. The molecule has 0 spiro atoms. The second kappa shape index (κ2) is 6.05. The van der Waals surface area contributed by atoms with Crippen molar-refractivity contribution in [3.8, 4) is 11.5 Å². The second-order valence-electron chi connectivity index (χ2n) is 5.08. The van der Waals surface area contributed by atoms with Crippen molar-refractivity contribution in [3.05, 3.63) is 35.2 Å². The number of hydrogen-bond acceptors (Lipinski definition) is 5. The van der Waals surface area contributed by atoms with E-state index in [9.17, 15) is 4.79 Å². The molecule has 6 heteroatoms. The van der Waals surface area contributed by atoms with Crippen LogP contribution in [-0.2, 0) is 29.2 Å². The average Bonchev–Trinajstić information content (AvgIpc) is 3.11. The molecule has 0 atom stereocenters. The maximum atomic E-state index is 10.4. The van der Waals surface area contributed by atoms with Crippen LogP contribution in [0.15, 0.2) is 22.6 Å². The van der Waals surface area contributed by atoms with Crippen molar-refractivity contribution < 1.29 is 19.1 Å². The number of fused-ring (bicyclic) bond motifs is 1. The molecular formula is C15H16N2O4. The van der Waals surface area contributed by atoms with E-state index in [0.717, 1.165) is 17.5 Å². The molecule has 0 saturated carbocycles.